The summed E-state index contributed by atoms with van der Waals surface area (Å²) in [5, 5.41) is 12.0. The Morgan fingerprint density at radius 2 is 1.85 bits per heavy atom. The first kappa shape index (κ1) is 21.7. The Hall–Kier alpha value is -4.09. The predicted octanol–water partition coefficient (Wildman–Crippen LogP) is 3.80. The molecule has 4 aromatic rings. The summed E-state index contributed by atoms with van der Waals surface area (Å²) in [6, 6.07) is 15.6. The van der Waals surface area contributed by atoms with Gasteiger partial charge in [-0.3, -0.25) is 4.98 Å². The second-order valence-electron chi connectivity index (χ2n) is 8.37. The molecule has 0 unspecified atom stereocenters. The first-order valence-electron chi connectivity index (χ1n) is 11.2. The van der Waals surface area contributed by atoms with Gasteiger partial charge in [0.2, 0.25) is 5.95 Å². The third-order valence-electron chi connectivity index (χ3n) is 5.58. The van der Waals surface area contributed by atoms with E-state index in [1.54, 1.807) is 11.8 Å². The maximum Gasteiger partial charge on any atom is 0.223 e. The zero-order valence-corrected chi connectivity index (χ0v) is 19.0. The van der Waals surface area contributed by atoms with Gasteiger partial charge in [0.1, 0.15) is 5.69 Å². The van der Waals surface area contributed by atoms with Gasteiger partial charge in [0.05, 0.1) is 42.1 Å². The van der Waals surface area contributed by atoms with Crippen molar-refractivity contribution in [1.82, 2.24) is 29.9 Å². The van der Waals surface area contributed by atoms with Crippen molar-refractivity contribution in [3.05, 3.63) is 71.7 Å². The first-order chi connectivity index (χ1) is 16.7. The lowest BCUT2D eigenvalue weighted by Gasteiger charge is -2.09. The van der Waals surface area contributed by atoms with Gasteiger partial charge in [-0.05, 0) is 49.1 Å². The molecule has 0 saturated heterocycles. The molecule has 0 spiro atoms. The van der Waals surface area contributed by atoms with Crippen molar-refractivity contribution in [3.8, 4) is 35.0 Å². The minimum Gasteiger partial charge on any atom is -0.378 e. The van der Waals surface area contributed by atoms with Crippen molar-refractivity contribution < 1.29 is 4.74 Å². The van der Waals surface area contributed by atoms with Crippen LogP contribution < -0.4 is 5.32 Å². The van der Waals surface area contributed by atoms with E-state index in [2.05, 4.69) is 26.5 Å². The molecule has 1 aromatic carbocycles. The fourth-order valence-corrected chi connectivity index (χ4v) is 3.64. The van der Waals surface area contributed by atoms with Gasteiger partial charge in [0, 0.05) is 24.8 Å². The molecule has 1 aliphatic rings. The van der Waals surface area contributed by atoms with Crippen LogP contribution >= 0.6 is 0 Å². The molecule has 1 N–H and O–H groups in total. The highest BCUT2D eigenvalue weighted by atomic mass is 16.5. The maximum absolute atomic E-state index is 5.60. The first-order valence-corrected chi connectivity index (χ1v) is 11.2. The number of terminal acetylenes is 1. The molecule has 3 heterocycles. The Morgan fingerprint density at radius 3 is 2.68 bits per heavy atom. The quantitative estimate of drug-likeness (QED) is 0.387. The highest BCUT2D eigenvalue weighted by Gasteiger charge is 2.21. The number of pyridine rings is 1. The monoisotopic (exact) mass is 451 g/mol. The lowest BCUT2D eigenvalue weighted by atomic mass is 10.1. The molecule has 0 radical (unpaired) electrons. The number of ether oxygens (including phenoxy) is 1. The highest BCUT2D eigenvalue weighted by Crippen LogP contribution is 2.29. The summed E-state index contributed by atoms with van der Waals surface area (Å²) < 4.78 is 6.93. The number of methoxy groups -OCH3 is 1. The van der Waals surface area contributed by atoms with Crippen LogP contribution in [-0.4, -0.2) is 43.6 Å². The van der Waals surface area contributed by atoms with Crippen LogP contribution in [0.2, 0.25) is 0 Å². The van der Waals surface area contributed by atoms with Gasteiger partial charge in [-0.15, -0.1) is 11.5 Å². The summed E-state index contributed by atoms with van der Waals surface area (Å²) in [7, 11) is 1.66. The molecule has 8 heteroatoms. The molecule has 170 valence electrons. The van der Waals surface area contributed by atoms with Gasteiger partial charge < -0.3 is 10.1 Å². The zero-order chi connectivity index (χ0) is 23.3. The summed E-state index contributed by atoms with van der Waals surface area (Å²) in [6.07, 6.45) is 9.97. The number of rotatable bonds is 9. The zero-order valence-electron chi connectivity index (χ0n) is 19.0. The molecule has 34 heavy (non-hydrogen) atoms. The van der Waals surface area contributed by atoms with Crippen LogP contribution in [0.3, 0.4) is 0 Å². The van der Waals surface area contributed by atoms with Crippen LogP contribution in [0.4, 0.5) is 5.95 Å². The minimum absolute atomic E-state index is 0.470. The Balaban J connectivity index is 1.44. The van der Waals surface area contributed by atoms with E-state index in [4.69, 9.17) is 21.1 Å². The van der Waals surface area contributed by atoms with Crippen molar-refractivity contribution in [2.75, 3.05) is 19.0 Å². The van der Waals surface area contributed by atoms with Crippen LogP contribution in [0.1, 0.15) is 29.8 Å². The average Bonchev–Trinajstić information content (AvgIpc) is 3.59. The number of nitrogens with one attached hydrogen (secondary N) is 1. The van der Waals surface area contributed by atoms with E-state index in [0.717, 1.165) is 34.8 Å². The van der Waals surface area contributed by atoms with E-state index in [0.29, 0.717) is 36.4 Å². The van der Waals surface area contributed by atoms with Crippen LogP contribution in [0.5, 0.6) is 0 Å². The van der Waals surface area contributed by atoms with Crippen LogP contribution in [0.25, 0.3) is 22.6 Å². The SMILES string of the molecule is C#Cc1cccc(-c2cc(-c3cn(Cc4cccc(COC)n4)nn3)nc(NCC3CC3)n2)c1. The fourth-order valence-electron chi connectivity index (χ4n) is 3.64. The number of hydrogen-bond acceptors (Lipinski definition) is 7. The summed E-state index contributed by atoms with van der Waals surface area (Å²) in [5.74, 6) is 3.96. The molecule has 0 bridgehead atoms. The van der Waals surface area contributed by atoms with Crippen molar-refractivity contribution in [2.45, 2.75) is 26.0 Å². The van der Waals surface area contributed by atoms with Gasteiger partial charge >= 0.3 is 0 Å². The van der Waals surface area contributed by atoms with E-state index in [9.17, 15) is 0 Å². The van der Waals surface area contributed by atoms with E-state index in [1.165, 1.54) is 12.8 Å². The van der Waals surface area contributed by atoms with Crippen molar-refractivity contribution in [1.29, 1.82) is 0 Å². The predicted molar refractivity (Wildman–Crippen MR) is 130 cm³/mol. The molecule has 5 rings (SSSR count). The molecule has 0 amide bonds. The molecule has 1 fully saturated rings. The summed E-state index contributed by atoms with van der Waals surface area (Å²) >= 11 is 0. The molecule has 0 atom stereocenters. The molecular weight excluding hydrogens is 426 g/mol. The standard InChI is InChI=1S/C26H25N7O/c1-3-18-6-4-7-20(12-18)23-13-24(30-26(29-23)27-14-19-10-11-19)25-16-33(32-31-25)15-21-8-5-9-22(28-21)17-34-2/h1,4-9,12-13,16,19H,10-11,14-15,17H2,2H3,(H,27,29,30). The smallest absolute Gasteiger partial charge is 0.223 e. The molecule has 8 nitrogen and oxygen atoms in total. The number of aromatic nitrogens is 6. The van der Waals surface area contributed by atoms with E-state index < -0.39 is 0 Å². The van der Waals surface area contributed by atoms with Crippen molar-refractivity contribution in [3.63, 3.8) is 0 Å². The Bertz CT molecular complexity index is 1340. The second-order valence-corrected chi connectivity index (χ2v) is 8.37. The lowest BCUT2D eigenvalue weighted by Crippen LogP contribution is -2.08. The third-order valence-corrected chi connectivity index (χ3v) is 5.58. The van der Waals surface area contributed by atoms with E-state index in [-0.39, 0.29) is 0 Å². The Labute approximate surface area is 198 Å². The molecule has 0 aliphatic heterocycles. The Morgan fingerprint density at radius 1 is 1.03 bits per heavy atom. The highest BCUT2D eigenvalue weighted by molar-refractivity contribution is 5.68. The summed E-state index contributed by atoms with van der Waals surface area (Å²) in [4.78, 5) is 14.1. The second kappa shape index (κ2) is 9.81. The van der Waals surface area contributed by atoms with Gasteiger partial charge in [-0.2, -0.15) is 0 Å². The number of anilines is 1. The lowest BCUT2D eigenvalue weighted by molar-refractivity contribution is 0.181. The number of nitrogens with zero attached hydrogens (tertiary/aromatic N) is 6. The normalized spacial score (nSPS) is 12.9. The molecule has 1 aliphatic carbocycles. The number of benzene rings is 1. The van der Waals surface area contributed by atoms with E-state index in [1.807, 2.05) is 54.7 Å². The van der Waals surface area contributed by atoms with Crippen molar-refractivity contribution >= 4 is 5.95 Å². The Kier molecular flexibility index (Phi) is 6.27. The topological polar surface area (TPSA) is 90.6 Å². The van der Waals surface area contributed by atoms with Crippen LogP contribution in [-0.2, 0) is 17.9 Å². The summed E-state index contributed by atoms with van der Waals surface area (Å²) in [6.45, 7) is 1.83. The average molecular weight is 452 g/mol. The van der Waals surface area contributed by atoms with Gasteiger partial charge in [0.15, 0.2) is 0 Å². The van der Waals surface area contributed by atoms with Gasteiger partial charge in [-0.1, -0.05) is 29.3 Å². The molecular formula is C26H25N7O. The van der Waals surface area contributed by atoms with Crippen LogP contribution in [0.15, 0.2) is 54.7 Å². The molecule has 1 saturated carbocycles. The van der Waals surface area contributed by atoms with Crippen molar-refractivity contribution in [2.24, 2.45) is 5.92 Å². The van der Waals surface area contributed by atoms with Crippen LogP contribution in [0, 0.1) is 18.3 Å². The molecule has 3 aromatic heterocycles. The summed E-state index contributed by atoms with van der Waals surface area (Å²) in [5.41, 5.74) is 5.64. The fraction of sp³-hybridized carbons (Fsp3) is 0.269. The maximum atomic E-state index is 5.60. The van der Waals surface area contributed by atoms with Gasteiger partial charge in [0.25, 0.3) is 0 Å². The third kappa shape index (κ3) is 5.27. The minimum atomic E-state index is 0.470. The number of hydrogen-bond donors (Lipinski definition) is 1. The van der Waals surface area contributed by atoms with E-state index >= 15 is 0 Å². The largest absolute Gasteiger partial charge is 0.378 e. The van der Waals surface area contributed by atoms with Gasteiger partial charge in [-0.25, -0.2) is 14.6 Å².